The average molecular weight is 674 g/mol. The Bertz CT molecular complexity index is 2180. The van der Waals surface area contributed by atoms with Crippen molar-refractivity contribution in [3.8, 4) is 5.75 Å². The number of ether oxygens (including phenoxy) is 1. The van der Waals surface area contributed by atoms with Crippen LogP contribution in [0.1, 0.15) is 33.9 Å². The number of aromatic nitrogens is 2. The maximum Gasteiger partial charge on any atom is 0.301 e. The number of thioether (sulfide) groups is 1. The zero-order valence-corrected chi connectivity index (χ0v) is 27.3. The second-order valence-electron chi connectivity index (χ2n) is 11.3. The summed E-state index contributed by atoms with van der Waals surface area (Å²) in [5.74, 6) is -1.36. The van der Waals surface area contributed by atoms with Gasteiger partial charge in [-0.1, -0.05) is 108 Å². The van der Waals surface area contributed by atoms with Gasteiger partial charge in [-0.15, -0.1) is 10.2 Å². The Balaban J connectivity index is 1.17. The molecular formula is C38H28FN3O4S2. The van der Waals surface area contributed by atoms with Gasteiger partial charge in [0.15, 0.2) is 4.34 Å². The molecule has 1 aliphatic rings. The van der Waals surface area contributed by atoms with Crippen LogP contribution in [0, 0.1) is 12.7 Å². The normalized spacial score (nSPS) is 15.7. The Morgan fingerprint density at radius 2 is 1.67 bits per heavy atom. The van der Waals surface area contributed by atoms with Crippen LogP contribution in [0.4, 0.5) is 9.52 Å². The summed E-state index contributed by atoms with van der Waals surface area (Å²) in [5, 5.41) is 22.6. The molecule has 2 heterocycles. The number of hydrogen-bond acceptors (Lipinski definition) is 8. The van der Waals surface area contributed by atoms with Gasteiger partial charge in [0, 0.05) is 11.3 Å². The molecule has 0 saturated carbocycles. The van der Waals surface area contributed by atoms with E-state index in [0.717, 1.165) is 27.5 Å². The minimum Gasteiger partial charge on any atom is -0.507 e. The highest BCUT2D eigenvalue weighted by Crippen LogP contribution is 2.44. The van der Waals surface area contributed by atoms with E-state index < -0.39 is 23.5 Å². The second kappa shape index (κ2) is 13.4. The van der Waals surface area contributed by atoms with Crippen LogP contribution in [0.3, 0.4) is 0 Å². The Hall–Kier alpha value is -5.32. The number of nitrogens with zero attached hydrogens (tertiary/aromatic N) is 3. The van der Waals surface area contributed by atoms with E-state index in [1.807, 2.05) is 49.4 Å². The number of anilines is 1. The highest BCUT2D eigenvalue weighted by atomic mass is 32.2. The van der Waals surface area contributed by atoms with Gasteiger partial charge in [-0.05, 0) is 70.8 Å². The standard InChI is InChI=1S/C38H28FN3O4S2/c1-23-6-4-7-24(20-23)21-46-30-18-14-27(15-19-30)34(43)32-33(26-12-16-29(39)17-13-26)42(36(45)35(32)44)37-40-41-38(48-37)47-22-28-10-5-9-25-8-2-3-11-31(25)28/h2-20,33,43H,21-22H2,1H3. The molecule has 0 radical (unpaired) electrons. The van der Waals surface area contributed by atoms with E-state index in [1.165, 1.54) is 52.3 Å². The number of Topliss-reactive ketones (excluding diaryl/α,β-unsaturated/α-hetero) is 1. The average Bonchev–Trinajstić information content (AvgIpc) is 3.68. The number of benzene rings is 5. The lowest BCUT2D eigenvalue weighted by Gasteiger charge is -2.22. The van der Waals surface area contributed by atoms with Crippen molar-refractivity contribution in [1.82, 2.24) is 10.2 Å². The summed E-state index contributed by atoms with van der Waals surface area (Å²) in [5.41, 5.74) is 3.93. The maximum atomic E-state index is 14.0. The Morgan fingerprint density at radius 3 is 2.46 bits per heavy atom. The minimum atomic E-state index is -1.05. The van der Waals surface area contributed by atoms with Crippen molar-refractivity contribution in [1.29, 1.82) is 0 Å². The van der Waals surface area contributed by atoms with Gasteiger partial charge in [0.1, 0.15) is 23.9 Å². The third kappa shape index (κ3) is 6.32. The molecule has 238 valence electrons. The molecule has 1 aromatic heterocycles. The molecule has 1 N–H and O–H groups in total. The summed E-state index contributed by atoms with van der Waals surface area (Å²) in [6, 6.07) is 33.4. The predicted octanol–water partition coefficient (Wildman–Crippen LogP) is 8.64. The topological polar surface area (TPSA) is 92.6 Å². The largest absolute Gasteiger partial charge is 0.507 e. The summed E-state index contributed by atoms with van der Waals surface area (Å²) in [4.78, 5) is 28.4. The fourth-order valence-electron chi connectivity index (χ4n) is 5.74. The molecule has 7 nitrogen and oxygen atoms in total. The molecule has 0 aliphatic carbocycles. The number of carbonyl (C=O) groups excluding carboxylic acids is 2. The predicted molar refractivity (Wildman–Crippen MR) is 187 cm³/mol. The first-order valence-electron chi connectivity index (χ1n) is 15.1. The van der Waals surface area contributed by atoms with Crippen LogP contribution in [0.15, 0.2) is 125 Å². The molecule has 7 rings (SSSR count). The number of fused-ring (bicyclic) bond motifs is 1. The number of carbonyl (C=O) groups is 2. The summed E-state index contributed by atoms with van der Waals surface area (Å²) in [7, 11) is 0. The number of amides is 1. The van der Waals surface area contributed by atoms with Crippen molar-refractivity contribution < 1.29 is 23.8 Å². The molecule has 5 aromatic carbocycles. The SMILES string of the molecule is Cc1cccc(COc2ccc(C(O)=C3C(=O)C(=O)N(c4nnc(SCc5cccc6ccccc56)s4)C3c3ccc(F)cc3)cc2)c1. The number of ketones is 1. The van der Waals surface area contributed by atoms with Crippen LogP contribution in [-0.2, 0) is 21.9 Å². The molecule has 10 heteroatoms. The van der Waals surface area contributed by atoms with Crippen LogP contribution in [0.5, 0.6) is 5.75 Å². The Labute approximate surface area is 284 Å². The van der Waals surface area contributed by atoms with E-state index in [4.69, 9.17) is 4.74 Å². The van der Waals surface area contributed by atoms with E-state index in [2.05, 4.69) is 34.5 Å². The molecule has 0 bridgehead atoms. The highest BCUT2D eigenvalue weighted by Gasteiger charge is 2.48. The number of hydrogen-bond donors (Lipinski definition) is 1. The fraction of sp³-hybridized carbons (Fsp3) is 0.105. The highest BCUT2D eigenvalue weighted by molar-refractivity contribution is 8.00. The van der Waals surface area contributed by atoms with Gasteiger partial charge in [-0.2, -0.15) is 0 Å². The van der Waals surface area contributed by atoms with Crippen molar-refractivity contribution >= 4 is 56.5 Å². The van der Waals surface area contributed by atoms with Crippen LogP contribution in [-0.4, -0.2) is 27.0 Å². The molecule has 6 aromatic rings. The summed E-state index contributed by atoms with van der Waals surface area (Å²) >= 11 is 2.65. The number of aryl methyl sites for hydroxylation is 1. The van der Waals surface area contributed by atoms with Gasteiger partial charge in [0.25, 0.3) is 5.78 Å². The number of aliphatic hydroxyl groups is 1. The van der Waals surface area contributed by atoms with E-state index in [1.54, 1.807) is 24.3 Å². The van der Waals surface area contributed by atoms with Crippen molar-refractivity contribution in [2.75, 3.05) is 4.90 Å². The van der Waals surface area contributed by atoms with Gasteiger partial charge in [-0.25, -0.2) is 4.39 Å². The van der Waals surface area contributed by atoms with Crippen LogP contribution < -0.4 is 9.64 Å². The summed E-state index contributed by atoms with van der Waals surface area (Å²) < 4.78 is 20.5. The Kier molecular flexibility index (Phi) is 8.75. The molecule has 1 atom stereocenters. The van der Waals surface area contributed by atoms with Gasteiger partial charge in [0.05, 0.1) is 11.6 Å². The Morgan fingerprint density at radius 1 is 0.917 bits per heavy atom. The van der Waals surface area contributed by atoms with E-state index in [0.29, 0.717) is 33.6 Å². The molecule has 1 amide bonds. The molecule has 1 aliphatic heterocycles. The lowest BCUT2D eigenvalue weighted by molar-refractivity contribution is -0.132. The number of rotatable bonds is 9. The second-order valence-corrected chi connectivity index (χ2v) is 13.5. The van der Waals surface area contributed by atoms with Crippen molar-refractivity contribution in [2.45, 2.75) is 29.7 Å². The van der Waals surface area contributed by atoms with E-state index >= 15 is 0 Å². The van der Waals surface area contributed by atoms with Gasteiger partial charge in [-0.3, -0.25) is 14.5 Å². The van der Waals surface area contributed by atoms with Crippen molar-refractivity contribution in [2.24, 2.45) is 0 Å². The third-order valence-corrected chi connectivity index (χ3v) is 10.2. The lowest BCUT2D eigenvalue weighted by Crippen LogP contribution is -2.29. The smallest absolute Gasteiger partial charge is 0.301 e. The summed E-state index contributed by atoms with van der Waals surface area (Å²) in [6.07, 6.45) is 0. The zero-order chi connectivity index (χ0) is 33.2. The fourth-order valence-corrected chi connectivity index (χ4v) is 7.61. The monoisotopic (exact) mass is 673 g/mol. The lowest BCUT2D eigenvalue weighted by atomic mass is 9.95. The van der Waals surface area contributed by atoms with Crippen LogP contribution in [0.25, 0.3) is 16.5 Å². The van der Waals surface area contributed by atoms with Crippen LogP contribution >= 0.6 is 23.1 Å². The molecule has 1 saturated heterocycles. The number of halogens is 1. The van der Waals surface area contributed by atoms with Gasteiger partial charge < -0.3 is 9.84 Å². The van der Waals surface area contributed by atoms with E-state index in [9.17, 15) is 19.1 Å². The van der Waals surface area contributed by atoms with Crippen molar-refractivity contribution in [3.63, 3.8) is 0 Å². The number of aliphatic hydroxyl groups excluding tert-OH is 1. The van der Waals surface area contributed by atoms with Gasteiger partial charge >= 0.3 is 5.91 Å². The van der Waals surface area contributed by atoms with Gasteiger partial charge in [0.2, 0.25) is 5.13 Å². The first-order valence-corrected chi connectivity index (χ1v) is 16.9. The minimum absolute atomic E-state index is 0.125. The molecule has 48 heavy (non-hydrogen) atoms. The first kappa shape index (κ1) is 31.3. The van der Waals surface area contributed by atoms with Crippen LogP contribution in [0.2, 0.25) is 0 Å². The van der Waals surface area contributed by atoms with E-state index in [-0.39, 0.29) is 16.5 Å². The quantitative estimate of drug-likeness (QED) is 0.0540. The zero-order valence-electron chi connectivity index (χ0n) is 25.7. The van der Waals surface area contributed by atoms with Crippen molar-refractivity contribution in [3.05, 3.63) is 154 Å². The third-order valence-electron chi connectivity index (χ3n) is 8.08. The molecule has 0 spiro atoms. The first-order chi connectivity index (χ1) is 23.4. The summed E-state index contributed by atoms with van der Waals surface area (Å²) in [6.45, 7) is 2.38. The molecular weight excluding hydrogens is 646 g/mol. The molecule has 1 unspecified atom stereocenters. The maximum absolute atomic E-state index is 14.0. The molecule has 1 fully saturated rings.